The zero-order valence-electron chi connectivity index (χ0n) is 15.4. The van der Waals surface area contributed by atoms with Crippen LogP contribution in [-0.4, -0.2) is 51.8 Å². The van der Waals surface area contributed by atoms with Crippen LogP contribution in [0.25, 0.3) is 0 Å². The van der Waals surface area contributed by atoms with Gasteiger partial charge in [-0.15, -0.1) is 0 Å². The molecule has 1 saturated heterocycles. The first-order valence-corrected chi connectivity index (χ1v) is 8.52. The van der Waals surface area contributed by atoms with Gasteiger partial charge in [0.2, 0.25) is 5.91 Å². The molecule has 0 unspecified atom stereocenters. The summed E-state index contributed by atoms with van der Waals surface area (Å²) in [6.07, 6.45) is 0. The van der Waals surface area contributed by atoms with Crippen molar-refractivity contribution in [3.63, 3.8) is 0 Å². The summed E-state index contributed by atoms with van der Waals surface area (Å²) in [5, 5.41) is 0. The maximum absolute atomic E-state index is 12.6. The molecule has 0 saturated carbocycles. The molecule has 0 atom stereocenters. The molecule has 0 bridgehead atoms. The lowest BCUT2D eigenvalue weighted by atomic mass is 10.1. The molecule has 0 spiro atoms. The van der Waals surface area contributed by atoms with Gasteiger partial charge >= 0.3 is 0 Å². The monoisotopic (exact) mass is 356 g/mol. The van der Waals surface area contributed by atoms with Gasteiger partial charge < -0.3 is 19.1 Å². The van der Waals surface area contributed by atoms with Gasteiger partial charge in [0.1, 0.15) is 5.75 Å². The molecular weight excluding hydrogens is 332 g/mol. The van der Waals surface area contributed by atoms with Crippen molar-refractivity contribution in [1.82, 2.24) is 4.90 Å². The van der Waals surface area contributed by atoms with E-state index in [-0.39, 0.29) is 5.91 Å². The van der Waals surface area contributed by atoms with E-state index in [0.29, 0.717) is 31.1 Å². The number of ether oxygens (including phenoxy) is 3. The fraction of sp³-hybridized carbons (Fsp3) is 0.350. The summed E-state index contributed by atoms with van der Waals surface area (Å²) in [6, 6.07) is 13.4. The Labute approximate surface area is 153 Å². The summed E-state index contributed by atoms with van der Waals surface area (Å²) in [6.45, 7) is 2.53. The van der Waals surface area contributed by atoms with Crippen LogP contribution in [0.4, 0.5) is 5.69 Å². The van der Waals surface area contributed by atoms with Crippen molar-refractivity contribution in [3.8, 4) is 17.2 Å². The van der Waals surface area contributed by atoms with Gasteiger partial charge in [0.05, 0.1) is 27.9 Å². The smallest absolute Gasteiger partial charge is 0.241 e. The van der Waals surface area contributed by atoms with E-state index in [4.69, 9.17) is 14.2 Å². The summed E-state index contributed by atoms with van der Waals surface area (Å²) < 4.78 is 15.9. The highest BCUT2D eigenvalue weighted by atomic mass is 16.5. The third-order valence-corrected chi connectivity index (χ3v) is 4.52. The largest absolute Gasteiger partial charge is 0.497 e. The van der Waals surface area contributed by atoms with E-state index in [1.807, 2.05) is 47.4 Å². The molecule has 1 fully saturated rings. The molecule has 26 heavy (non-hydrogen) atoms. The van der Waals surface area contributed by atoms with Crippen LogP contribution in [0, 0.1) is 0 Å². The highest BCUT2D eigenvalue weighted by Crippen LogP contribution is 2.28. The number of carbonyl (C=O) groups excluding carboxylic acids is 1. The van der Waals surface area contributed by atoms with Gasteiger partial charge in [-0.25, -0.2) is 0 Å². The minimum Gasteiger partial charge on any atom is -0.497 e. The Morgan fingerprint density at radius 3 is 2.42 bits per heavy atom. The molecule has 0 aromatic heterocycles. The van der Waals surface area contributed by atoms with E-state index in [0.717, 1.165) is 23.5 Å². The number of amides is 1. The predicted octanol–water partition coefficient (Wildman–Crippen LogP) is 2.56. The Morgan fingerprint density at radius 2 is 1.73 bits per heavy atom. The molecule has 1 aliphatic heterocycles. The summed E-state index contributed by atoms with van der Waals surface area (Å²) in [4.78, 5) is 16.6. The van der Waals surface area contributed by atoms with E-state index in [9.17, 15) is 4.79 Å². The van der Waals surface area contributed by atoms with Gasteiger partial charge in [-0.2, -0.15) is 0 Å². The standard InChI is InChI=1S/C20H24N2O4/c1-24-17-6-4-5-16(12-17)22-10-9-21(14-20(22)23)13-15-7-8-18(25-2)19(11-15)26-3/h4-8,11-12H,9-10,13-14H2,1-3H3. The Bertz CT molecular complexity index is 778. The van der Waals surface area contributed by atoms with E-state index in [1.165, 1.54) is 0 Å². The van der Waals surface area contributed by atoms with Crippen LogP contribution in [0.15, 0.2) is 42.5 Å². The van der Waals surface area contributed by atoms with Crippen molar-refractivity contribution < 1.29 is 19.0 Å². The second-order valence-electron chi connectivity index (χ2n) is 6.15. The molecule has 2 aromatic carbocycles. The number of rotatable bonds is 6. The van der Waals surface area contributed by atoms with Gasteiger partial charge in [-0.05, 0) is 29.8 Å². The first-order chi connectivity index (χ1) is 12.6. The number of carbonyl (C=O) groups is 1. The summed E-state index contributed by atoms with van der Waals surface area (Å²) >= 11 is 0. The second-order valence-corrected chi connectivity index (χ2v) is 6.15. The zero-order valence-corrected chi connectivity index (χ0v) is 15.4. The molecule has 0 N–H and O–H groups in total. The highest BCUT2D eigenvalue weighted by molar-refractivity contribution is 5.95. The lowest BCUT2D eigenvalue weighted by Crippen LogP contribution is -2.50. The average Bonchev–Trinajstić information content (AvgIpc) is 2.68. The fourth-order valence-electron chi connectivity index (χ4n) is 3.15. The molecule has 2 aromatic rings. The van der Waals surface area contributed by atoms with E-state index in [1.54, 1.807) is 21.3 Å². The SMILES string of the molecule is COc1cccc(N2CCN(Cc3ccc(OC)c(OC)c3)CC2=O)c1. The van der Waals surface area contributed by atoms with Gasteiger partial charge in [0, 0.05) is 31.4 Å². The molecule has 0 radical (unpaired) electrons. The molecule has 0 aliphatic carbocycles. The average molecular weight is 356 g/mol. The lowest BCUT2D eigenvalue weighted by molar-refractivity contribution is -0.121. The minimum absolute atomic E-state index is 0.0879. The molecule has 6 nitrogen and oxygen atoms in total. The Kier molecular flexibility index (Phi) is 5.63. The maximum atomic E-state index is 12.6. The van der Waals surface area contributed by atoms with Crippen molar-refractivity contribution in [2.45, 2.75) is 6.54 Å². The first-order valence-electron chi connectivity index (χ1n) is 8.52. The summed E-state index contributed by atoms with van der Waals surface area (Å²) in [5.41, 5.74) is 1.96. The fourth-order valence-corrected chi connectivity index (χ4v) is 3.15. The van der Waals surface area contributed by atoms with Crippen molar-refractivity contribution in [1.29, 1.82) is 0 Å². The highest BCUT2D eigenvalue weighted by Gasteiger charge is 2.25. The zero-order chi connectivity index (χ0) is 18.5. The minimum atomic E-state index is 0.0879. The number of nitrogens with zero attached hydrogens (tertiary/aromatic N) is 2. The molecule has 3 rings (SSSR count). The number of benzene rings is 2. The van der Waals surface area contributed by atoms with Gasteiger partial charge in [0.15, 0.2) is 11.5 Å². The van der Waals surface area contributed by atoms with Crippen LogP contribution in [0.1, 0.15) is 5.56 Å². The van der Waals surface area contributed by atoms with E-state index < -0.39 is 0 Å². The molecule has 6 heteroatoms. The van der Waals surface area contributed by atoms with E-state index >= 15 is 0 Å². The van der Waals surface area contributed by atoms with Crippen LogP contribution >= 0.6 is 0 Å². The summed E-state index contributed by atoms with van der Waals surface area (Å²) in [5.74, 6) is 2.24. The number of hydrogen-bond acceptors (Lipinski definition) is 5. The quantitative estimate of drug-likeness (QED) is 0.796. The van der Waals surface area contributed by atoms with Crippen LogP contribution in [0.2, 0.25) is 0 Å². The Balaban J connectivity index is 1.66. The number of anilines is 1. The van der Waals surface area contributed by atoms with Crippen molar-refractivity contribution in [2.24, 2.45) is 0 Å². The third kappa shape index (κ3) is 3.91. The summed E-state index contributed by atoms with van der Waals surface area (Å²) in [7, 11) is 4.87. The second kappa shape index (κ2) is 8.10. The lowest BCUT2D eigenvalue weighted by Gasteiger charge is -2.34. The Hall–Kier alpha value is -2.73. The van der Waals surface area contributed by atoms with Gasteiger partial charge in [-0.1, -0.05) is 12.1 Å². The topological polar surface area (TPSA) is 51.2 Å². The molecule has 1 aliphatic rings. The van der Waals surface area contributed by atoms with Gasteiger partial charge in [-0.3, -0.25) is 9.69 Å². The number of methoxy groups -OCH3 is 3. The van der Waals surface area contributed by atoms with Crippen molar-refractivity contribution in [2.75, 3.05) is 45.9 Å². The Morgan fingerprint density at radius 1 is 0.923 bits per heavy atom. The van der Waals surface area contributed by atoms with E-state index in [2.05, 4.69) is 4.90 Å². The van der Waals surface area contributed by atoms with Crippen LogP contribution in [-0.2, 0) is 11.3 Å². The van der Waals surface area contributed by atoms with Crippen molar-refractivity contribution in [3.05, 3.63) is 48.0 Å². The van der Waals surface area contributed by atoms with Crippen LogP contribution in [0.5, 0.6) is 17.2 Å². The first kappa shape index (κ1) is 18.1. The maximum Gasteiger partial charge on any atom is 0.241 e. The predicted molar refractivity (Wildman–Crippen MR) is 100 cm³/mol. The number of piperazine rings is 1. The molecule has 1 amide bonds. The van der Waals surface area contributed by atoms with Crippen LogP contribution < -0.4 is 19.1 Å². The third-order valence-electron chi connectivity index (χ3n) is 4.52. The van der Waals surface area contributed by atoms with Crippen molar-refractivity contribution >= 4 is 11.6 Å². The molecule has 1 heterocycles. The van der Waals surface area contributed by atoms with Crippen LogP contribution in [0.3, 0.4) is 0 Å². The molecular formula is C20H24N2O4. The van der Waals surface area contributed by atoms with Gasteiger partial charge in [0.25, 0.3) is 0 Å². The number of hydrogen-bond donors (Lipinski definition) is 0. The molecule has 138 valence electrons. The normalized spacial score (nSPS) is 15.0.